The Kier molecular flexibility index (Phi) is 12.3. The number of carbonyl (C=O) groups is 3. The van der Waals surface area contributed by atoms with Gasteiger partial charge in [-0.2, -0.15) is 0 Å². The molecule has 1 atom stereocenters. The molecule has 0 fully saturated rings. The van der Waals surface area contributed by atoms with E-state index in [-0.39, 0.29) is 42.0 Å². The van der Waals surface area contributed by atoms with Gasteiger partial charge in [0, 0.05) is 42.7 Å². The fourth-order valence-corrected chi connectivity index (χ4v) is 5.72. The molecule has 0 aliphatic carbocycles. The van der Waals surface area contributed by atoms with E-state index < -0.39 is 67.5 Å². The smallest absolute Gasteiger partial charge is 0.336 e. The topological polar surface area (TPSA) is 188 Å². The van der Waals surface area contributed by atoms with Crippen molar-refractivity contribution in [3.05, 3.63) is 111 Å². The van der Waals surface area contributed by atoms with Crippen LogP contribution in [0.3, 0.4) is 0 Å². The minimum Gasteiger partial charge on any atom is -0.464 e. The summed E-state index contributed by atoms with van der Waals surface area (Å²) < 4.78 is 65.8. The summed E-state index contributed by atoms with van der Waals surface area (Å²) in [6.07, 6.45) is 2.80. The van der Waals surface area contributed by atoms with Crippen molar-refractivity contribution >= 4 is 39.2 Å². The maximum Gasteiger partial charge on any atom is 0.336 e. The van der Waals surface area contributed by atoms with Gasteiger partial charge in [0.05, 0.1) is 22.8 Å². The number of halogens is 2. The van der Waals surface area contributed by atoms with Gasteiger partial charge >= 0.3 is 11.7 Å². The van der Waals surface area contributed by atoms with Gasteiger partial charge in [-0.15, -0.1) is 0 Å². The van der Waals surface area contributed by atoms with Gasteiger partial charge in [-0.3, -0.25) is 19.1 Å². The molecule has 3 N–H and O–H groups in total. The molecule has 2 aromatic heterocycles. The standard InChI is InChI=1S/C36H40F2N6O8S/c1-21(2)20-52-33(47)28(13-7-22-8-14-30(39-19-22)44-31(45)15-16-43(6)35(44)49)41-32(46)25-17-27(38)29(18-26(25)37)42-53(50,51)24-11-9-23(10-12-24)40-34(48)36(3,4)5/h8-12,14-19,21,28,42H,7,13,20H2,1-6H3,(H,40,48)(H,41,46)/t28-/m0/s1. The molecule has 17 heteroatoms. The molecule has 0 radical (unpaired) electrons. The number of aromatic nitrogens is 3. The molecule has 0 bridgehead atoms. The van der Waals surface area contributed by atoms with Crippen LogP contribution in [0, 0.1) is 23.0 Å². The minimum atomic E-state index is -4.43. The maximum absolute atomic E-state index is 15.3. The number of nitrogens with one attached hydrogen (secondary N) is 3. The van der Waals surface area contributed by atoms with Crippen molar-refractivity contribution in [2.45, 2.75) is 58.4 Å². The molecule has 2 amide bonds. The molecule has 0 aliphatic rings. The SMILES string of the molecule is CC(C)COC(=O)[C@H](CCc1ccc(-n2c(=O)ccn(C)c2=O)nc1)NC(=O)c1cc(F)c(NS(=O)(=O)c2ccc(NC(=O)C(C)(C)C)cc2)cc1F. The van der Waals surface area contributed by atoms with Crippen LogP contribution in [-0.2, 0) is 37.8 Å². The summed E-state index contributed by atoms with van der Waals surface area (Å²) in [6.45, 7) is 8.75. The van der Waals surface area contributed by atoms with Crippen LogP contribution in [-0.4, -0.2) is 53.0 Å². The summed E-state index contributed by atoms with van der Waals surface area (Å²) >= 11 is 0. The highest BCUT2D eigenvalue weighted by molar-refractivity contribution is 7.92. The Morgan fingerprint density at radius 2 is 1.64 bits per heavy atom. The summed E-state index contributed by atoms with van der Waals surface area (Å²) in [5.41, 5.74) is -2.56. The molecule has 0 unspecified atom stereocenters. The van der Waals surface area contributed by atoms with E-state index in [1.54, 1.807) is 40.7 Å². The molecule has 0 saturated heterocycles. The Morgan fingerprint density at radius 1 is 0.962 bits per heavy atom. The van der Waals surface area contributed by atoms with Crippen molar-refractivity contribution in [1.82, 2.24) is 19.4 Å². The number of sulfonamides is 1. The highest BCUT2D eigenvalue weighted by atomic mass is 32.2. The van der Waals surface area contributed by atoms with Crippen molar-refractivity contribution in [1.29, 1.82) is 0 Å². The molecule has 282 valence electrons. The van der Waals surface area contributed by atoms with Crippen LogP contribution < -0.4 is 26.6 Å². The van der Waals surface area contributed by atoms with Crippen LogP contribution in [0.15, 0.2) is 81.5 Å². The lowest BCUT2D eigenvalue weighted by Crippen LogP contribution is -2.43. The lowest BCUT2D eigenvalue weighted by Gasteiger charge is -2.19. The van der Waals surface area contributed by atoms with Crippen LogP contribution in [0.2, 0.25) is 0 Å². The third kappa shape index (κ3) is 10.2. The predicted octanol–water partition coefficient (Wildman–Crippen LogP) is 3.93. The van der Waals surface area contributed by atoms with Gasteiger partial charge in [0.2, 0.25) is 5.91 Å². The number of amides is 2. The third-order valence-electron chi connectivity index (χ3n) is 7.71. The van der Waals surface area contributed by atoms with E-state index in [2.05, 4.69) is 15.6 Å². The first-order chi connectivity index (χ1) is 24.8. The average molecular weight is 755 g/mol. The van der Waals surface area contributed by atoms with Crippen molar-refractivity contribution < 1.29 is 36.3 Å². The number of nitrogens with zero attached hydrogens (tertiary/aromatic N) is 3. The fourth-order valence-electron chi connectivity index (χ4n) is 4.66. The highest BCUT2D eigenvalue weighted by Crippen LogP contribution is 2.25. The summed E-state index contributed by atoms with van der Waals surface area (Å²) in [7, 11) is -2.95. The summed E-state index contributed by atoms with van der Waals surface area (Å²) in [6, 6.07) is 8.95. The Hall–Kier alpha value is -5.71. The Morgan fingerprint density at radius 3 is 2.25 bits per heavy atom. The number of aryl methyl sites for hydroxylation is 2. The lowest BCUT2D eigenvalue weighted by molar-refractivity contribution is -0.147. The summed E-state index contributed by atoms with van der Waals surface area (Å²) in [4.78, 5) is 67.0. The fraction of sp³-hybridized carbons (Fsp3) is 0.333. The molecule has 14 nitrogen and oxygen atoms in total. The highest BCUT2D eigenvalue weighted by Gasteiger charge is 2.27. The van der Waals surface area contributed by atoms with Crippen molar-refractivity contribution in [2.24, 2.45) is 18.4 Å². The minimum absolute atomic E-state index is 0.0222. The Balaban J connectivity index is 1.49. The number of hydrogen-bond donors (Lipinski definition) is 3. The number of esters is 1. The number of carbonyl (C=O) groups excluding carboxylic acids is 3. The van der Waals surface area contributed by atoms with Crippen LogP contribution in [0.4, 0.5) is 20.2 Å². The van der Waals surface area contributed by atoms with Gasteiger partial charge in [0.15, 0.2) is 0 Å². The van der Waals surface area contributed by atoms with Crippen LogP contribution >= 0.6 is 0 Å². The van der Waals surface area contributed by atoms with E-state index in [0.29, 0.717) is 23.4 Å². The number of benzene rings is 2. The first kappa shape index (κ1) is 40.1. The Bertz CT molecular complexity index is 2230. The van der Waals surface area contributed by atoms with Gasteiger partial charge in [0.25, 0.3) is 21.5 Å². The number of ether oxygens (including phenoxy) is 1. The lowest BCUT2D eigenvalue weighted by atomic mass is 9.95. The van der Waals surface area contributed by atoms with E-state index in [0.717, 1.165) is 4.57 Å². The monoisotopic (exact) mass is 754 g/mol. The zero-order valence-corrected chi connectivity index (χ0v) is 30.7. The molecule has 2 heterocycles. The van der Waals surface area contributed by atoms with Crippen LogP contribution in [0.1, 0.15) is 57.0 Å². The zero-order valence-electron chi connectivity index (χ0n) is 29.9. The number of hydrogen-bond acceptors (Lipinski definition) is 9. The Labute approximate surface area is 304 Å². The van der Waals surface area contributed by atoms with E-state index in [4.69, 9.17) is 4.74 Å². The average Bonchev–Trinajstić information content (AvgIpc) is 3.09. The molecule has 2 aromatic carbocycles. The van der Waals surface area contributed by atoms with Crippen LogP contribution in [0.25, 0.3) is 5.82 Å². The first-order valence-corrected chi connectivity index (χ1v) is 17.9. The molecule has 0 spiro atoms. The van der Waals surface area contributed by atoms with E-state index in [1.165, 1.54) is 60.4 Å². The molecule has 0 aliphatic heterocycles. The third-order valence-corrected chi connectivity index (χ3v) is 9.09. The number of anilines is 2. The number of rotatable bonds is 13. The molecular weight excluding hydrogens is 714 g/mol. The number of pyridine rings is 1. The molecular formula is C36H40F2N6O8S. The predicted molar refractivity (Wildman–Crippen MR) is 192 cm³/mol. The largest absolute Gasteiger partial charge is 0.464 e. The van der Waals surface area contributed by atoms with Gasteiger partial charge in [-0.1, -0.05) is 40.7 Å². The van der Waals surface area contributed by atoms with Crippen molar-refractivity contribution in [3.63, 3.8) is 0 Å². The maximum atomic E-state index is 15.3. The normalized spacial score (nSPS) is 12.2. The van der Waals surface area contributed by atoms with Crippen LogP contribution in [0.5, 0.6) is 0 Å². The van der Waals surface area contributed by atoms with E-state index in [9.17, 15) is 32.4 Å². The molecule has 0 saturated carbocycles. The molecule has 53 heavy (non-hydrogen) atoms. The second-order valence-corrected chi connectivity index (χ2v) is 15.3. The summed E-state index contributed by atoms with van der Waals surface area (Å²) in [5.74, 6) is -4.81. The second-order valence-electron chi connectivity index (χ2n) is 13.6. The first-order valence-electron chi connectivity index (χ1n) is 16.4. The zero-order chi connectivity index (χ0) is 39.2. The molecule has 4 aromatic rings. The quantitative estimate of drug-likeness (QED) is 0.170. The second kappa shape index (κ2) is 16.3. The van der Waals surface area contributed by atoms with E-state index >= 15 is 8.78 Å². The van der Waals surface area contributed by atoms with Gasteiger partial charge < -0.3 is 19.9 Å². The van der Waals surface area contributed by atoms with Gasteiger partial charge in [0.1, 0.15) is 23.5 Å². The van der Waals surface area contributed by atoms with Crippen molar-refractivity contribution in [2.75, 3.05) is 16.6 Å². The van der Waals surface area contributed by atoms with Gasteiger partial charge in [-0.25, -0.2) is 36.3 Å². The van der Waals surface area contributed by atoms with Crippen molar-refractivity contribution in [3.8, 4) is 5.82 Å². The van der Waals surface area contributed by atoms with E-state index in [1.807, 2.05) is 4.72 Å². The summed E-state index contributed by atoms with van der Waals surface area (Å²) in [5, 5.41) is 5.03. The molecule has 4 rings (SSSR count). The van der Waals surface area contributed by atoms with Gasteiger partial charge in [-0.05, 0) is 60.7 Å².